The van der Waals surface area contributed by atoms with Gasteiger partial charge < -0.3 is 0 Å². The van der Waals surface area contributed by atoms with E-state index in [1.807, 2.05) is 30.3 Å². The molecule has 0 fully saturated rings. The monoisotopic (exact) mass is 308 g/mol. The average Bonchev–Trinajstić information content (AvgIpc) is 2.20. The third-order valence-corrected chi connectivity index (χ3v) is 3.31. The van der Waals surface area contributed by atoms with E-state index in [4.69, 9.17) is 5.26 Å². The Bertz CT molecular complexity index is 241. The van der Waals surface area contributed by atoms with Crippen LogP contribution in [0.25, 0.3) is 0 Å². The summed E-state index contributed by atoms with van der Waals surface area (Å²) in [5.41, 5.74) is 1.12. The molecule has 13 heavy (non-hydrogen) atoms. The highest BCUT2D eigenvalue weighted by molar-refractivity contribution is 9.10. The van der Waals surface area contributed by atoms with Gasteiger partial charge in [-0.05, 0) is 5.56 Å². The Balaban J connectivity index is 2.78. The van der Waals surface area contributed by atoms with E-state index in [2.05, 4.69) is 36.7 Å². The first-order valence-electron chi connectivity index (χ1n) is 3.84. The van der Waals surface area contributed by atoms with Gasteiger partial charge in [-0.25, -0.2) is 4.89 Å². The van der Waals surface area contributed by atoms with E-state index in [1.54, 1.807) is 0 Å². The second-order valence-electron chi connectivity index (χ2n) is 2.63. The Labute approximate surface area is 94.1 Å². The third-order valence-electron chi connectivity index (χ3n) is 1.81. The van der Waals surface area contributed by atoms with E-state index in [9.17, 15) is 0 Å². The number of alkyl halides is 2. The van der Waals surface area contributed by atoms with Crippen molar-refractivity contribution >= 4 is 31.9 Å². The van der Waals surface area contributed by atoms with Crippen LogP contribution in [0.3, 0.4) is 0 Å². The van der Waals surface area contributed by atoms with Crippen LogP contribution < -0.4 is 0 Å². The minimum Gasteiger partial charge on any atom is -0.251 e. The van der Waals surface area contributed by atoms with Gasteiger partial charge in [0.1, 0.15) is 0 Å². The SMILES string of the molecule is OOC(Br)C(CBr)c1ccccc1. The molecule has 0 aromatic heterocycles. The molecule has 1 rings (SSSR count). The molecule has 0 heterocycles. The standard InChI is InChI=1S/C9H10Br2O2/c10-6-8(9(11)13-12)7-4-2-1-3-5-7/h1-5,8-9,12H,6H2. The van der Waals surface area contributed by atoms with Crippen LogP contribution in [0.15, 0.2) is 30.3 Å². The van der Waals surface area contributed by atoms with Crippen LogP contribution in [0.5, 0.6) is 0 Å². The molecule has 0 aliphatic heterocycles. The Morgan fingerprint density at radius 1 is 1.31 bits per heavy atom. The normalized spacial score (nSPS) is 15.3. The van der Waals surface area contributed by atoms with Crippen LogP contribution in [0.1, 0.15) is 11.5 Å². The summed E-state index contributed by atoms with van der Waals surface area (Å²) in [6, 6.07) is 9.88. The van der Waals surface area contributed by atoms with Crippen LogP contribution in [0.2, 0.25) is 0 Å². The topological polar surface area (TPSA) is 29.5 Å². The number of benzene rings is 1. The van der Waals surface area contributed by atoms with Crippen molar-refractivity contribution in [2.24, 2.45) is 0 Å². The Morgan fingerprint density at radius 2 is 1.92 bits per heavy atom. The smallest absolute Gasteiger partial charge is 0.155 e. The molecule has 2 unspecified atom stereocenters. The van der Waals surface area contributed by atoms with Gasteiger partial charge in [-0.1, -0.05) is 62.2 Å². The molecule has 2 nitrogen and oxygen atoms in total. The summed E-state index contributed by atoms with van der Waals surface area (Å²) in [5, 5.41) is 8.88. The fourth-order valence-electron chi connectivity index (χ4n) is 1.08. The van der Waals surface area contributed by atoms with Crippen molar-refractivity contribution < 1.29 is 10.1 Å². The molecule has 0 bridgehead atoms. The molecule has 0 spiro atoms. The van der Waals surface area contributed by atoms with E-state index >= 15 is 0 Å². The molecule has 0 saturated heterocycles. The number of hydrogen-bond acceptors (Lipinski definition) is 2. The quantitative estimate of drug-likeness (QED) is 0.525. The van der Waals surface area contributed by atoms with Gasteiger partial charge in [-0.3, -0.25) is 5.26 Å². The lowest BCUT2D eigenvalue weighted by atomic mass is 10.0. The first kappa shape index (κ1) is 11.2. The van der Waals surface area contributed by atoms with Crippen LogP contribution in [-0.2, 0) is 4.89 Å². The lowest BCUT2D eigenvalue weighted by Crippen LogP contribution is -2.15. The maximum atomic E-state index is 8.53. The third kappa shape index (κ3) is 3.06. The van der Waals surface area contributed by atoms with Crippen molar-refractivity contribution in [1.82, 2.24) is 0 Å². The molecule has 0 radical (unpaired) electrons. The van der Waals surface area contributed by atoms with Crippen molar-refractivity contribution in [3.63, 3.8) is 0 Å². The van der Waals surface area contributed by atoms with Crippen molar-refractivity contribution in [2.75, 3.05) is 5.33 Å². The maximum Gasteiger partial charge on any atom is 0.155 e. The van der Waals surface area contributed by atoms with Gasteiger partial charge in [0.25, 0.3) is 0 Å². The van der Waals surface area contributed by atoms with Gasteiger partial charge in [0, 0.05) is 11.2 Å². The largest absolute Gasteiger partial charge is 0.251 e. The summed E-state index contributed by atoms with van der Waals surface area (Å²) in [6.45, 7) is 0. The summed E-state index contributed by atoms with van der Waals surface area (Å²) >= 11 is 6.61. The fraction of sp³-hybridized carbons (Fsp3) is 0.333. The van der Waals surface area contributed by atoms with Gasteiger partial charge in [-0.15, -0.1) is 0 Å². The summed E-state index contributed by atoms with van der Waals surface area (Å²) < 4.78 is 0. The predicted molar refractivity (Wildman–Crippen MR) is 59.4 cm³/mol. The molecule has 0 amide bonds. The zero-order valence-electron chi connectivity index (χ0n) is 6.86. The van der Waals surface area contributed by atoms with E-state index < -0.39 is 0 Å². The van der Waals surface area contributed by atoms with Crippen molar-refractivity contribution in [3.8, 4) is 0 Å². The molecule has 0 aliphatic rings. The Hall–Kier alpha value is 0.1000. The lowest BCUT2D eigenvalue weighted by molar-refractivity contribution is -0.255. The van der Waals surface area contributed by atoms with Gasteiger partial charge >= 0.3 is 0 Å². The lowest BCUT2D eigenvalue weighted by Gasteiger charge is -2.17. The van der Waals surface area contributed by atoms with Crippen molar-refractivity contribution in [3.05, 3.63) is 35.9 Å². The zero-order valence-corrected chi connectivity index (χ0v) is 10.0. The summed E-state index contributed by atoms with van der Waals surface area (Å²) in [5.74, 6) is 0.103. The molecular weight excluding hydrogens is 300 g/mol. The molecule has 4 heteroatoms. The van der Waals surface area contributed by atoms with Crippen LogP contribution >= 0.6 is 31.9 Å². The van der Waals surface area contributed by atoms with Crippen molar-refractivity contribution in [1.29, 1.82) is 0 Å². The Morgan fingerprint density at radius 3 is 2.38 bits per heavy atom. The highest BCUT2D eigenvalue weighted by Gasteiger charge is 2.20. The molecule has 0 saturated carbocycles. The van der Waals surface area contributed by atoms with Gasteiger partial charge in [0.05, 0.1) is 0 Å². The van der Waals surface area contributed by atoms with E-state index in [0.29, 0.717) is 0 Å². The molecule has 2 atom stereocenters. The van der Waals surface area contributed by atoms with E-state index in [-0.39, 0.29) is 10.9 Å². The van der Waals surface area contributed by atoms with Crippen LogP contribution in [0, 0.1) is 0 Å². The highest BCUT2D eigenvalue weighted by Crippen LogP contribution is 2.27. The van der Waals surface area contributed by atoms with Gasteiger partial charge in [0.2, 0.25) is 0 Å². The molecule has 72 valence electrons. The minimum absolute atomic E-state index is 0.103. The summed E-state index contributed by atoms with van der Waals surface area (Å²) in [4.78, 5) is 4.24. The first-order valence-corrected chi connectivity index (χ1v) is 5.88. The number of hydrogen-bond donors (Lipinski definition) is 1. The maximum absolute atomic E-state index is 8.53. The van der Waals surface area contributed by atoms with E-state index in [0.717, 1.165) is 10.9 Å². The van der Waals surface area contributed by atoms with E-state index in [1.165, 1.54) is 0 Å². The van der Waals surface area contributed by atoms with Crippen LogP contribution in [0.4, 0.5) is 0 Å². The molecule has 1 aromatic rings. The number of halogens is 2. The van der Waals surface area contributed by atoms with Gasteiger partial charge in [-0.2, -0.15) is 0 Å². The second-order valence-corrected chi connectivity index (χ2v) is 4.18. The first-order chi connectivity index (χ1) is 6.29. The Kier molecular flexibility index (Phi) is 4.94. The molecule has 0 aliphatic carbocycles. The number of rotatable bonds is 4. The zero-order chi connectivity index (χ0) is 9.68. The molecule has 1 N–H and O–H groups in total. The second kappa shape index (κ2) is 5.75. The summed E-state index contributed by atoms with van der Waals surface area (Å²) in [6.07, 6.45) is 0. The van der Waals surface area contributed by atoms with Gasteiger partial charge in [0.15, 0.2) is 5.01 Å². The molecular formula is C9H10Br2O2. The summed E-state index contributed by atoms with van der Waals surface area (Å²) in [7, 11) is 0. The molecule has 1 aromatic carbocycles. The fourth-order valence-corrected chi connectivity index (χ4v) is 2.79. The minimum atomic E-state index is -0.380. The average molecular weight is 310 g/mol. The van der Waals surface area contributed by atoms with Crippen LogP contribution in [-0.4, -0.2) is 15.6 Å². The highest BCUT2D eigenvalue weighted by atomic mass is 79.9. The van der Waals surface area contributed by atoms with Crippen molar-refractivity contribution in [2.45, 2.75) is 10.9 Å². The predicted octanol–water partition coefficient (Wildman–Crippen LogP) is 3.38.